The van der Waals surface area contributed by atoms with Gasteiger partial charge in [-0.15, -0.1) is 0 Å². The SMILES string of the molecule is CC(C)CC(COC1CC(C)(C)NC(C)(C)C1)OC1CC(C)(C)NC(C)(C)C1. The fraction of sp³-hybridized carbons (Fsp3) is 1.00. The second kappa shape index (κ2) is 8.53. The van der Waals surface area contributed by atoms with Gasteiger partial charge in [0.2, 0.25) is 0 Å². The van der Waals surface area contributed by atoms with E-state index in [0.717, 1.165) is 32.1 Å². The number of hydrogen-bond acceptors (Lipinski definition) is 4. The lowest BCUT2D eigenvalue weighted by atomic mass is 9.80. The van der Waals surface area contributed by atoms with Gasteiger partial charge in [-0.1, -0.05) is 13.8 Å². The molecule has 0 amide bonds. The third-order valence-corrected chi connectivity index (χ3v) is 5.94. The lowest BCUT2D eigenvalue weighted by Gasteiger charge is -2.48. The monoisotopic (exact) mass is 396 g/mol. The van der Waals surface area contributed by atoms with E-state index >= 15 is 0 Å². The minimum atomic E-state index is 0.110. The third-order valence-electron chi connectivity index (χ3n) is 5.94. The summed E-state index contributed by atoms with van der Waals surface area (Å²) in [7, 11) is 0. The van der Waals surface area contributed by atoms with Crippen molar-refractivity contribution in [2.24, 2.45) is 5.92 Å². The standard InChI is InChI=1S/C24H48N2O2/c1-17(2)11-18(28-20-14-23(7,8)26-24(9,10)15-20)16-27-19-12-21(3,4)25-22(5,6)13-19/h17-20,25-26H,11-16H2,1-10H3. The van der Waals surface area contributed by atoms with Gasteiger partial charge in [0.05, 0.1) is 24.9 Å². The average Bonchev–Trinajstić information content (AvgIpc) is 2.37. The molecule has 0 saturated carbocycles. The molecule has 0 aliphatic carbocycles. The summed E-state index contributed by atoms with van der Waals surface area (Å²) in [6, 6.07) is 0. The van der Waals surface area contributed by atoms with E-state index in [1.165, 1.54) is 0 Å². The molecule has 2 N–H and O–H groups in total. The van der Waals surface area contributed by atoms with E-state index < -0.39 is 0 Å². The van der Waals surface area contributed by atoms with Crippen LogP contribution in [0.25, 0.3) is 0 Å². The van der Waals surface area contributed by atoms with Crippen molar-refractivity contribution in [3.05, 3.63) is 0 Å². The van der Waals surface area contributed by atoms with Gasteiger partial charge < -0.3 is 20.1 Å². The van der Waals surface area contributed by atoms with Crippen LogP contribution in [0.15, 0.2) is 0 Å². The number of piperidine rings is 2. The van der Waals surface area contributed by atoms with Crippen molar-refractivity contribution < 1.29 is 9.47 Å². The zero-order valence-corrected chi connectivity index (χ0v) is 20.4. The molecule has 28 heavy (non-hydrogen) atoms. The Kier molecular flexibility index (Phi) is 7.34. The fourth-order valence-corrected chi connectivity index (χ4v) is 5.88. The fourth-order valence-electron chi connectivity index (χ4n) is 5.88. The second-order valence-electron chi connectivity index (χ2n) is 12.6. The maximum atomic E-state index is 6.69. The van der Waals surface area contributed by atoms with Crippen LogP contribution in [0.4, 0.5) is 0 Å². The maximum Gasteiger partial charge on any atom is 0.0814 e. The minimum Gasteiger partial charge on any atom is -0.375 e. The topological polar surface area (TPSA) is 42.5 Å². The van der Waals surface area contributed by atoms with Crippen molar-refractivity contribution in [3.8, 4) is 0 Å². The van der Waals surface area contributed by atoms with Crippen LogP contribution < -0.4 is 10.6 Å². The van der Waals surface area contributed by atoms with Crippen molar-refractivity contribution in [3.63, 3.8) is 0 Å². The van der Waals surface area contributed by atoms with E-state index in [1.54, 1.807) is 0 Å². The molecule has 0 aromatic heterocycles. The molecule has 0 radical (unpaired) electrons. The molecule has 1 atom stereocenters. The highest BCUT2D eigenvalue weighted by Crippen LogP contribution is 2.33. The van der Waals surface area contributed by atoms with Crippen LogP contribution in [0.2, 0.25) is 0 Å². The molecule has 2 heterocycles. The quantitative estimate of drug-likeness (QED) is 0.632. The molecule has 2 saturated heterocycles. The first-order valence-corrected chi connectivity index (χ1v) is 11.4. The van der Waals surface area contributed by atoms with Gasteiger partial charge in [0.1, 0.15) is 0 Å². The Balaban J connectivity index is 1.98. The van der Waals surface area contributed by atoms with Crippen LogP contribution in [0.1, 0.15) is 101 Å². The molecule has 0 spiro atoms. The number of hydrogen-bond donors (Lipinski definition) is 2. The van der Waals surface area contributed by atoms with Crippen LogP contribution in [-0.4, -0.2) is 47.1 Å². The first-order valence-electron chi connectivity index (χ1n) is 11.4. The smallest absolute Gasteiger partial charge is 0.0814 e. The zero-order chi connectivity index (χ0) is 21.4. The van der Waals surface area contributed by atoms with E-state index in [9.17, 15) is 0 Å². The van der Waals surface area contributed by atoms with Gasteiger partial charge in [0.15, 0.2) is 0 Å². The van der Waals surface area contributed by atoms with Crippen LogP contribution in [0.5, 0.6) is 0 Å². The zero-order valence-electron chi connectivity index (χ0n) is 20.4. The first-order chi connectivity index (χ1) is 12.6. The Morgan fingerprint density at radius 2 is 1.11 bits per heavy atom. The second-order valence-corrected chi connectivity index (χ2v) is 12.6. The molecule has 2 aliphatic rings. The summed E-state index contributed by atoms with van der Waals surface area (Å²) >= 11 is 0. The summed E-state index contributed by atoms with van der Waals surface area (Å²) < 4.78 is 13.2. The largest absolute Gasteiger partial charge is 0.375 e. The molecule has 1 unspecified atom stereocenters. The van der Waals surface area contributed by atoms with Gasteiger partial charge in [0, 0.05) is 22.2 Å². The highest BCUT2D eigenvalue weighted by Gasteiger charge is 2.40. The van der Waals surface area contributed by atoms with Gasteiger partial charge >= 0.3 is 0 Å². The van der Waals surface area contributed by atoms with Gasteiger partial charge in [0.25, 0.3) is 0 Å². The molecular weight excluding hydrogens is 348 g/mol. The van der Waals surface area contributed by atoms with E-state index in [1.807, 2.05) is 0 Å². The van der Waals surface area contributed by atoms with Crippen LogP contribution >= 0.6 is 0 Å². The lowest BCUT2D eigenvalue weighted by molar-refractivity contribution is -0.119. The molecular formula is C24H48N2O2. The van der Waals surface area contributed by atoms with Crippen LogP contribution in [-0.2, 0) is 9.47 Å². The number of nitrogens with one attached hydrogen (secondary N) is 2. The summed E-state index contributed by atoms with van der Waals surface area (Å²) in [6.45, 7) is 23.6. The molecule has 2 rings (SSSR count). The predicted octanol–water partition coefficient (Wildman–Crippen LogP) is 5.05. The molecule has 166 valence electrons. The van der Waals surface area contributed by atoms with Crippen molar-refractivity contribution in [2.75, 3.05) is 6.61 Å². The van der Waals surface area contributed by atoms with Gasteiger partial charge in [-0.05, 0) is 93.4 Å². The molecule has 0 aromatic rings. The predicted molar refractivity (Wildman–Crippen MR) is 119 cm³/mol. The molecule has 0 aromatic carbocycles. The Bertz CT molecular complexity index is 479. The van der Waals surface area contributed by atoms with Crippen molar-refractivity contribution >= 4 is 0 Å². The summed E-state index contributed by atoms with van der Waals surface area (Å²) in [5.74, 6) is 0.609. The minimum absolute atomic E-state index is 0.110. The Hall–Kier alpha value is -0.160. The Labute approximate surface area is 174 Å². The third kappa shape index (κ3) is 7.93. The lowest BCUT2D eigenvalue weighted by Crippen LogP contribution is -2.60. The summed E-state index contributed by atoms with van der Waals surface area (Å²) in [6.07, 6.45) is 6.04. The molecule has 4 heteroatoms. The van der Waals surface area contributed by atoms with Gasteiger partial charge in [-0.25, -0.2) is 0 Å². The highest BCUT2D eigenvalue weighted by molar-refractivity contribution is 4.99. The van der Waals surface area contributed by atoms with Crippen LogP contribution in [0.3, 0.4) is 0 Å². The highest BCUT2D eigenvalue weighted by atomic mass is 16.5. The molecule has 0 bridgehead atoms. The van der Waals surface area contributed by atoms with Crippen molar-refractivity contribution in [1.82, 2.24) is 10.6 Å². The average molecular weight is 397 g/mol. The van der Waals surface area contributed by atoms with E-state index in [2.05, 4.69) is 79.9 Å². The van der Waals surface area contributed by atoms with Gasteiger partial charge in [-0.2, -0.15) is 0 Å². The van der Waals surface area contributed by atoms with E-state index in [-0.39, 0.29) is 28.3 Å². The van der Waals surface area contributed by atoms with E-state index in [4.69, 9.17) is 9.47 Å². The maximum absolute atomic E-state index is 6.69. The molecule has 2 aliphatic heterocycles. The van der Waals surface area contributed by atoms with Crippen molar-refractivity contribution in [1.29, 1.82) is 0 Å². The summed E-state index contributed by atoms with van der Waals surface area (Å²) in [5.41, 5.74) is 0.450. The molecule has 2 fully saturated rings. The number of rotatable bonds is 7. The summed E-state index contributed by atoms with van der Waals surface area (Å²) in [5, 5.41) is 7.51. The Morgan fingerprint density at radius 1 is 0.714 bits per heavy atom. The van der Waals surface area contributed by atoms with Crippen LogP contribution in [0, 0.1) is 5.92 Å². The van der Waals surface area contributed by atoms with Crippen molar-refractivity contribution in [2.45, 2.75) is 142 Å². The van der Waals surface area contributed by atoms with Gasteiger partial charge in [-0.3, -0.25) is 0 Å². The Morgan fingerprint density at radius 3 is 1.50 bits per heavy atom. The molecule has 4 nitrogen and oxygen atoms in total. The normalized spacial score (nSPS) is 28.4. The van der Waals surface area contributed by atoms with E-state index in [0.29, 0.717) is 24.7 Å². The number of ether oxygens (including phenoxy) is 2. The first kappa shape index (κ1) is 24.1. The summed E-state index contributed by atoms with van der Waals surface area (Å²) in [4.78, 5) is 0.